The Bertz CT molecular complexity index is 605. The average molecular weight is 294 g/mol. The van der Waals surface area contributed by atoms with Crippen LogP contribution in [0.5, 0.6) is 0 Å². The van der Waals surface area contributed by atoms with Crippen molar-refractivity contribution in [3.63, 3.8) is 0 Å². The van der Waals surface area contributed by atoms with Gasteiger partial charge in [-0.15, -0.1) is 0 Å². The third-order valence-electron chi connectivity index (χ3n) is 2.18. The van der Waals surface area contributed by atoms with Crippen molar-refractivity contribution in [2.45, 2.75) is 0 Å². The maximum Gasteiger partial charge on any atom is 0.184 e. The predicted molar refractivity (Wildman–Crippen MR) is 71.4 cm³/mol. The van der Waals surface area contributed by atoms with Crippen molar-refractivity contribution in [3.8, 4) is 11.8 Å². The summed E-state index contributed by atoms with van der Waals surface area (Å²) < 4.78 is 0.752. The molecular formula is C11H12BrN5. The van der Waals surface area contributed by atoms with Crippen LogP contribution in [-0.4, -0.2) is 40.7 Å². The molecule has 5 nitrogen and oxygen atoms in total. The number of fused-ring (bicyclic) bond motifs is 1. The minimum Gasteiger partial charge on any atom is -0.397 e. The SMILES string of the molecule is CN(C)CC#Cc1[nH]nc2ncc(Br)c(N)c12. The van der Waals surface area contributed by atoms with Crippen LogP contribution >= 0.6 is 15.9 Å². The average Bonchev–Trinajstić information content (AvgIpc) is 2.67. The Labute approximate surface area is 108 Å². The summed E-state index contributed by atoms with van der Waals surface area (Å²) in [5, 5.41) is 7.68. The van der Waals surface area contributed by atoms with Crippen molar-refractivity contribution in [3.05, 3.63) is 16.4 Å². The van der Waals surface area contributed by atoms with Crippen LogP contribution in [0, 0.1) is 11.8 Å². The van der Waals surface area contributed by atoms with Crippen LogP contribution < -0.4 is 5.73 Å². The van der Waals surface area contributed by atoms with Gasteiger partial charge in [0, 0.05) is 6.20 Å². The molecule has 0 bridgehead atoms. The number of anilines is 1. The number of rotatable bonds is 1. The summed E-state index contributed by atoms with van der Waals surface area (Å²) in [6.45, 7) is 0.682. The second-order valence-corrected chi connectivity index (χ2v) is 4.71. The van der Waals surface area contributed by atoms with Crippen LogP contribution in [0.2, 0.25) is 0 Å². The van der Waals surface area contributed by atoms with Gasteiger partial charge in [-0.25, -0.2) is 4.98 Å². The molecule has 0 aliphatic rings. The van der Waals surface area contributed by atoms with Crippen molar-refractivity contribution >= 4 is 32.7 Å². The van der Waals surface area contributed by atoms with Crippen LogP contribution in [0.3, 0.4) is 0 Å². The Morgan fingerprint density at radius 3 is 3.00 bits per heavy atom. The molecular weight excluding hydrogens is 282 g/mol. The number of hydrogen-bond donors (Lipinski definition) is 2. The molecule has 2 heterocycles. The van der Waals surface area contributed by atoms with Crippen LogP contribution in [-0.2, 0) is 0 Å². The minimum atomic E-state index is 0.583. The number of aromatic amines is 1. The summed E-state index contributed by atoms with van der Waals surface area (Å²) in [7, 11) is 3.93. The number of hydrogen-bond acceptors (Lipinski definition) is 4. The Kier molecular flexibility index (Phi) is 3.31. The van der Waals surface area contributed by atoms with E-state index in [1.165, 1.54) is 0 Å². The highest BCUT2D eigenvalue weighted by Crippen LogP contribution is 2.27. The molecule has 3 N–H and O–H groups in total. The van der Waals surface area contributed by atoms with Gasteiger partial charge in [0.05, 0.1) is 22.1 Å². The molecule has 2 aromatic rings. The molecule has 88 valence electrons. The zero-order chi connectivity index (χ0) is 12.4. The lowest BCUT2D eigenvalue weighted by Crippen LogP contribution is -2.10. The van der Waals surface area contributed by atoms with Crippen molar-refractivity contribution < 1.29 is 0 Å². The number of nitrogens with one attached hydrogen (secondary N) is 1. The monoisotopic (exact) mass is 293 g/mol. The Hall–Kier alpha value is -1.58. The van der Waals surface area contributed by atoms with E-state index in [0.29, 0.717) is 23.6 Å². The van der Waals surface area contributed by atoms with Gasteiger partial charge < -0.3 is 5.73 Å². The molecule has 0 aromatic carbocycles. The molecule has 2 aromatic heterocycles. The second kappa shape index (κ2) is 4.73. The normalized spacial score (nSPS) is 10.6. The third kappa shape index (κ3) is 2.40. The topological polar surface area (TPSA) is 70.8 Å². The number of halogens is 1. The fourth-order valence-electron chi connectivity index (χ4n) is 1.36. The smallest absolute Gasteiger partial charge is 0.184 e. The first-order chi connectivity index (χ1) is 8.09. The first-order valence-electron chi connectivity index (χ1n) is 5.01. The van der Waals surface area contributed by atoms with Gasteiger partial charge in [-0.05, 0) is 35.9 Å². The van der Waals surface area contributed by atoms with Crippen LogP contribution in [0.4, 0.5) is 5.69 Å². The molecule has 0 spiro atoms. The quantitative estimate of drug-likeness (QED) is 0.776. The van der Waals surface area contributed by atoms with Gasteiger partial charge in [-0.1, -0.05) is 5.92 Å². The summed E-state index contributed by atoms with van der Waals surface area (Å²) in [4.78, 5) is 6.15. The highest BCUT2D eigenvalue weighted by Gasteiger charge is 2.10. The van der Waals surface area contributed by atoms with E-state index >= 15 is 0 Å². The highest BCUT2D eigenvalue weighted by atomic mass is 79.9. The van der Waals surface area contributed by atoms with Crippen LogP contribution in [0.15, 0.2) is 10.7 Å². The molecule has 0 atom stereocenters. The Morgan fingerprint density at radius 1 is 1.53 bits per heavy atom. The van der Waals surface area contributed by atoms with E-state index < -0.39 is 0 Å². The van der Waals surface area contributed by atoms with Gasteiger partial charge in [-0.2, -0.15) is 5.10 Å². The van der Waals surface area contributed by atoms with E-state index in [1.54, 1.807) is 6.20 Å². The fourth-order valence-corrected chi connectivity index (χ4v) is 1.66. The van der Waals surface area contributed by atoms with Crippen molar-refractivity contribution in [2.24, 2.45) is 0 Å². The molecule has 0 saturated carbocycles. The summed E-state index contributed by atoms with van der Waals surface area (Å²) in [5.41, 5.74) is 7.86. The summed E-state index contributed by atoms with van der Waals surface area (Å²) in [6, 6.07) is 0. The summed E-state index contributed by atoms with van der Waals surface area (Å²) in [6.07, 6.45) is 1.63. The van der Waals surface area contributed by atoms with Crippen molar-refractivity contribution in [2.75, 3.05) is 26.4 Å². The molecule has 0 saturated heterocycles. The zero-order valence-electron chi connectivity index (χ0n) is 9.58. The molecule has 0 aliphatic carbocycles. The maximum atomic E-state index is 5.97. The van der Waals surface area contributed by atoms with Gasteiger partial charge in [0.2, 0.25) is 0 Å². The molecule has 0 fully saturated rings. The van der Waals surface area contributed by atoms with Crippen molar-refractivity contribution in [1.29, 1.82) is 0 Å². The predicted octanol–water partition coefficient (Wildman–Crippen LogP) is 1.22. The number of nitrogens with two attached hydrogens (primary N) is 1. The lowest BCUT2D eigenvalue weighted by molar-refractivity contribution is 0.464. The fraction of sp³-hybridized carbons (Fsp3) is 0.273. The molecule has 0 aliphatic heterocycles. The van der Waals surface area contributed by atoms with E-state index in [2.05, 4.69) is 43.0 Å². The Morgan fingerprint density at radius 2 is 2.29 bits per heavy atom. The largest absolute Gasteiger partial charge is 0.397 e. The van der Waals surface area contributed by atoms with Crippen LogP contribution in [0.25, 0.3) is 11.0 Å². The minimum absolute atomic E-state index is 0.583. The van der Waals surface area contributed by atoms with E-state index in [0.717, 1.165) is 9.86 Å². The molecule has 0 radical (unpaired) electrons. The van der Waals surface area contributed by atoms with Gasteiger partial charge in [0.25, 0.3) is 0 Å². The zero-order valence-corrected chi connectivity index (χ0v) is 11.2. The summed E-state index contributed by atoms with van der Waals surface area (Å²) in [5.74, 6) is 6.05. The van der Waals surface area contributed by atoms with Gasteiger partial charge >= 0.3 is 0 Å². The first-order valence-corrected chi connectivity index (χ1v) is 5.80. The standard InChI is InChI=1S/C11H12BrN5/c1-17(2)5-3-4-8-9-10(13)7(12)6-14-11(9)16-15-8/h6H,5H2,1-2H3,(H3,13,14,15,16). The second-order valence-electron chi connectivity index (χ2n) is 3.86. The molecule has 2 rings (SSSR count). The lowest BCUT2D eigenvalue weighted by Gasteiger charge is -2.01. The van der Waals surface area contributed by atoms with Gasteiger partial charge in [0.15, 0.2) is 5.65 Å². The first kappa shape index (κ1) is 11.9. The number of nitrogen functional groups attached to an aromatic ring is 1. The number of H-pyrrole nitrogens is 1. The van der Waals surface area contributed by atoms with Crippen LogP contribution in [0.1, 0.15) is 5.69 Å². The maximum absolute atomic E-state index is 5.97. The lowest BCUT2D eigenvalue weighted by atomic mass is 10.2. The Balaban J connectivity index is 2.47. The highest BCUT2D eigenvalue weighted by molar-refractivity contribution is 9.10. The van der Waals surface area contributed by atoms with Crippen molar-refractivity contribution in [1.82, 2.24) is 20.1 Å². The number of pyridine rings is 1. The summed E-state index contributed by atoms with van der Waals surface area (Å²) >= 11 is 3.34. The van der Waals surface area contributed by atoms with E-state index in [9.17, 15) is 0 Å². The number of aromatic nitrogens is 3. The van der Waals surface area contributed by atoms with E-state index in [4.69, 9.17) is 5.73 Å². The van der Waals surface area contributed by atoms with E-state index in [1.807, 2.05) is 19.0 Å². The van der Waals surface area contributed by atoms with Gasteiger partial charge in [-0.3, -0.25) is 10.00 Å². The molecule has 0 amide bonds. The molecule has 0 unspecified atom stereocenters. The molecule has 17 heavy (non-hydrogen) atoms. The number of nitrogens with zero attached hydrogens (tertiary/aromatic N) is 3. The van der Waals surface area contributed by atoms with E-state index in [-0.39, 0.29) is 0 Å². The third-order valence-corrected chi connectivity index (χ3v) is 2.81. The van der Waals surface area contributed by atoms with Gasteiger partial charge in [0.1, 0.15) is 5.69 Å². The molecule has 6 heteroatoms.